The lowest BCUT2D eigenvalue weighted by molar-refractivity contribution is -0.122. The number of rotatable bonds is 3. The first-order chi connectivity index (χ1) is 8.96. The van der Waals surface area contributed by atoms with Gasteiger partial charge in [-0.25, -0.2) is 12.8 Å². The van der Waals surface area contributed by atoms with E-state index in [0.717, 1.165) is 10.4 Å². The van der Waals surface area contributed by atoms with Gasteiger partial charge in [-0.1, -0.05) is 6.07 Å². The molecule has 2 rings (SSSR count). The van der Waals surface area contributed by atoms with Crippen LogP contribution in [0.15, 0.2) is 23.1 Å². The lowest BCUT2D eigenvalue weighted by Gasteiger charge is -2.26. The van der Waals surface area contributed by atoms with Gasteiger partial charge in [0.15, 0.2) is 0 Å². The van der Waals surface area contributed by atoms with E-state index in [1.165, 1.54) is 12.1 Å². The summed E-state index contributed by atoms with van der Waals surface area (Å²) in [7, 11) is -3.91. The number of nitrogens with zero attached hydrogens (tertiary/aromatic N) is 1. The third-order valence-corrected chi connectivity index (χ3v) is 4.83. The van der Waals surface area contributed by atoms with Gasteiger partial charge in [-0.05, 0) is 12.1 Å². The van der Waals surface area contributed by atoms with Gasteiger partial charge in [-0.15, -0.1) is 0 Å². The maximum atomic E-state index is 13.6. The molecule has 19 heavy (non-hydrogen) atoms. The van der Waals surface area contributed by atoms with Crippen molar-refractivity contribution < 1.29 is 17.6 Å². The summed E-state index contributed by atoms with van der Waals surface area (Å²) in [4.78, 5) is 11.1. The van der Waals surface area contributed by atoms with Crippen LogP contribution in [0.2, 0.25) is 0 Å². The molecule has 8 heteroatoms. The third-order valence-electron chi connectivity index (χ3n) is 2.90. The zero-order valence-electron chi connectivity index (χ0n) is 10.1. The highest BCUT2D eigenvalue weighted by atomic mass is 32.2. The molecule has 0 spiro atoms. The molecule has 1 aliphatic rings. The van der Waals surface area contributed by atoms with E-state index in [-0.39, 0.29) is 42.5 Å². The van der Waals surface area contributed by atoms with Crippen molar-refractivity contribution in [2.75, 3.05) is 19.6 Å². The molecule has 3 N–H and O–H groups in total. The first-order valence-electron chi connectivity index (χ1n) is 5.71. The first-order valence-corrected chi connectivity index (χ1v) is 7.15. The number of nitrogens with one attached hydrogen (secondary N) is 1. The number of piperazine rings is 1. The van der Waals surface area contributed by atoms with Crippen LogP contribution in [0.1, 0.15) is 5.56 Å². The molecule has 1 fully saturated rings. The molecule has 0 unspecified atom stereocenters. The van der Waals surface area contributed by atoms with Gasteiger partial charge in [0, 0.05) is 25.2 Å². The SMILES string of the molecule is NCc1c(F)cccc1S(=O)(=O)N1CCNC(=O)C1. The van der Waals surface area contributed by atoms with Crippen molar-refractivity contribution in [2.24, 2.45) is 5.73 Å². The Kier molecular flexibility index (Phi) is 3.83. The number of sulfonamides is 1. The minimum absolute atomic E-state index is 0.0616. The molecule has 0 atom stereocenters. The highest BCUT2D eigenvalue weighted by molar-refractivity contribution is 7.89. The highest BCUT2D eigenvalue weighted by Gasteiger charge is 2.31. The Morgan fingerprint density at radius 1 is 1.42 bits per heavy atom. The fourth-order valence-electron chi connectivity index (χ4n) is 1.94. The van der Waals surface area contributed by atoms with Gasteiger partial charge in [-0.2, -0.15) is 4.31 Å². The smallest absolute Gasteiger partial charge is 0.244 e. The number of carbonyl (C=O) groups is 1. The van der Waals surface area contributed by atoms with Crippen LogP contribution in [0.25, 0.3) is 0 Å². The van der Waals surface area contributed by atoms with Gasteiger partial charge in [0.05, 0.1) is 11.4 Å². The predicted octanol–water partition coefficient (Wildman–Crippen LogP) is -0.595. The summed E-state index contributed by atoms with van der Waals surface area (Å²) in [6.07, 6.45) is 0. The average molecular weight is 287 g/mol. The van der Waals surface area contributed by atoms with Crippen LogP contribution in [0.4, 0.5) is 4.39 Å². The fourth-order valence-corrected chi connectivity index (χ4v) is 3.58. The standard InChI is InChI=1S/C11H14FN3O3S/c12-9-2-1-3-10(8(9)6-13)19(17,18)15-5-4-14-11(16)7-15/h1-3H,4-7,13H2,(H,14,16). The molecular formula is C11H14FN3O3S. The number of nitrogens with two attached hydrogens (primary N) is 1. The number of hydrogen-bond donors (Lipinski definition) is 2. The Morgan fingerprint density at radius 2 is 2.16 bits per heavy atom. The summed E-state index contributed by atoms with van der Waals surface area (Å²) in [6.45, 7) is -0.0793. The maximum Gasteiger partial charge on any atom is 0.244 e. The van der Waals surface area contributed by atoms with Crippen molar-refractivity contribution in [3.63, 3.8) is 0 Å². The molecule has 0 aliphatic carbocycles. The molecule has 1 amide bonds. The molecule has 1 saturated heterocycles. The number of carbonyl (C=O) groups excluding carboxylic acids is 1. The zero-order chi connectivity index (χ0) is 14.0. The molecule has 1 aliphatic heterocycles. The van der Waals surface area contributed by atoms with Gasteiger partial charge in [-0.3, -0.25) is 4.79 Å². The highest BCUT2D eigenvalue weighted by Crippen LogP contribution is 2.22. The van der Waals surface area contributed by atoms with E-state index in [2.05, 4.69) is 5.32 Å². The van der Waals surface area contributed by atoms with Gasteiger partial charge in [0.1, 0.15) is 5.82 Å². The van der Waals surface area contributed by atoms with Crippen molar-refractivity contribution in [1.82, 2.24) is 9.62 Å². The summed E-state index contributed by atoms with van der Waals surface area (Å²) in [5.41, 5.74) is 5.34. The quantitative estimate of drug-likeness (QED) is 0.777. The van der Waals surface area contributed by atoms with Crippen molar-refractivity contribution in [3.8, 4) is 0 Å². The second kappa shape index (κ2) is 5.24. The monoisotopic (exact) mass is 287 g/mol. The van der Waals surface area contributed by atoms with Crippen LogP contribution in [-0.4, -0.2) is 38.3 Å². The van der Waals surface area contributed by atoms with E-state index in [4.69, 9.17) is 5.73 Å². The summed E-state index contributed by atoms with van der Waals surface area (Å²) in [6, 6.07) is 3.77. The maximum absolute atomic E-state index is 13.6. The lowest BCUT2D eigenvalue weighted by atomic mass is 10.2. The van der Waals surface area contributed by atoms with E-state index in [1.807, 2.05) is 0 Å². The normalized spacial score (nSPS) is 17.3. The van der Waals surface area contributed by atoms with Gasteiger partial charge in [0.2, 0.25) is 15.9 Å². The molecule has 6 nitrogen and oxygen atoms in total. The largest absolute Gasteiger partial charge is 0.354 e. The fraction of sp³-hybridized carbons (Fsp3) is 0.364. The van der Waals surface area contributed by atoms with E-state index in [9.17, 15) is 17.6 Å². The number of amides is 1. The van der Waals surface area contributed by atoms with Crippen LogP contribution >= 0.6 is 0 Å². The number of benzene rings is 1. The van der Waals surface area contributed by atoms with Crippen molar-refractivity contribution in [2.45, 2.75) is 11.4 Å². The van der Waals surface area contributed by atoms with E-state index in [1.54, 1.807) is 0 Å². The molecule has 1 heterocycles. The predicted molar refractivity (Wildman–Crippen MR) is 66.1 cm³/mol. The topological polar surface area (TPSA) is 92.5 Å². The van der Waals surface area contributed by atoms with Crippen LogP contribution in [0, 0.1) is 5.82 Å². The van der Waals surface area contributed by atoms with Crippen molar-refractivity contribution >= 4 is 15.9 Å². The van der Waals surface area contributed by atoms with Crippen LogP contribution in [0.3, 0.4) is 0 Å². The molecule has 104 valence electrons. The second-order valence-electron chi connectivity index (χ2n) is 4.11. The Labute approximate surface area is 110 Å². The molecular weight excluding hydrogens is 273 g/mol. The van der Waals surface area contributed by atoms with Crippen LogP contribution < -0.4 is 11.1 Å². The zero-order valence-corrected chi connectivity index (χ0v) is 10.9. The number of halogens is 1. The molecule has 0 radical (unpaired) electrons. The molecule has 1 aromatic rings. The van der Waals surface area contributed by atoms with E-state index < -0.39 is 15.8 Å². The molecule has 0 saturated carbocycles. The molecule has 0 bridgehead atoms. The summed E-state index contributed by atoms with van der Waals surface area (Å²) < 4.78 is 39.4. The minimum atomic E-state index is -3.91. The van der Waals surface area contributed by atoms with E-state index in [0.29, 0.717) is 0 Å². The second-order valence-corrected chi connectivity index (χ2v) is 6.02. The van der Waals surface area contributed by atoms with Crippen LogP contribution in [-0.2, 0) is 21.4 Å². The number of hydrogen-bond acceptors (Lipinski definition) is 4. The first kappa shape index (κ1) is 13.9. The van der Waals surface area contributed by atoms with Gasteiger partial charge < -0.3 is 11.1 Å². The summed E-state index contributed by atoms with van der Waals surface area (Å²) in [5.74, 6) is -1.04. The molecule has 0 aromatic heterocycles. The summed E-state index contributed by atoms with van der Waals surface area (Å²) in [5, 5.41) is 2.53. The van der Waals surface area contributed by atoms with Gasteiger partial charge in [0.25, 0.3) is 0 Å². The Hall–Kier alpha value is -1.51. The Balaban J connectivity index is 2.45. The average Bonchev–Trinajstić information content (AvgIpc) is 2.38. The van der Waals surface area contributed by atoms with Crippen LogP contribution in [0.5, 0.6) is 0 Å². The summed E-state index contributed by atoms with van der Waals surface area (Å²) >= 11 is 0. The third kappa shape index (κ3) is 2.60. The van der Waals surface area contributed by atoms with Crippen molar-refractivity contribution in [1.29, 1.82) is 0 Å². The lowest BCUT2D eigenvalue weighted by Crippen LogP contribution is -2.50. The van der Waals surface area contributed by atoms with Gasteiger partial charge >= 0.3 is 0 Å². The Bertz CT molecular complexity index is 603. The van der Waals surface area contributed by atoms with Crippen molar-refractivity contribution in [3.05, 3.63) is 29.6 Å². The Morgan fingerprint density at radius 3 is 2.79 bits per heavy atom. The minimum Gasteiger partial charge on any atom is -0.354 e. The van der Waals surface area contributed by atoms with E-state index >= 15 is 0 Å². The molecule has 1 aromatic carbocycles.